The van der Waals surface area contributed by atoms with Gasteiger partial charge in [-0.3, -0.25) is 4.68 Å². The Hall–Kier alpha value is -1.81. The first-order valence-corrected chi connectivity index (χ1v) is 5.66. The number of benzene rings is 1. The van der Waals surface area contributed by atoms with Gasteiger partial charge in [0.1, 0.15) is 0 Å². The molecule has 0 aliphatic heterocycles. The fourth-order valence-electron chi connectivity index (χ4n) is 1.78. The van der Waals surface area contributed by atoms with Gasteiger partial charge >= 0.3 is 0 Å². The Morgan fingerprint density at radius 2 is 2.12 bits per heavy atom. The first-order valence-electron chi connectivity index (χ1n) is 5.66. The molecule has 17 heavy (non-hydrogen) atoms. The van der Waals surface area contributed by atoms with Gasteiger partial charge in [-0.15, -0.1) is 0 Å². The smallest absolute Gasteiger partial charge is 0.0781 e. The zero-order valence-corrected chi connectivity index (χ0v) is 10.1. The van der Waals surface area contributed by atoms with Crippen LogP contribution in [0.1, 0.15) is 24.3 Å². The zero-order chi connectivity index (χ0) is 12.3. The number of nitrogens with zero attached hydrogens (tertiary/aromatic N) is 2. The van der Waals surface area contributed by atoms with E-state index in [9.17, 15) is 5.11 Å². The third-order valence-corrected chi connectivity index (χ3v) is 2.79. The van der Waals surface area contributed by atoms with E-state index in [-0.39, 0.29) is 0 Å². The molecule has 1 atom stereocenters. The maximum absolute atomic E-state index is 9.66. The number of anilines is 1. The van der Waals surface area contributed by atoms with Crippen LogP contribution in [0.5, 0.6) is 0 Å². The highest BCUT2D eigenvalue weighted by atomic mass is 16.3. The van der Waals surface area contributed by atoms with Crippen LogP contribution in [-0.2, 0) is 13.6 Å². The van der Waals surface area contributed by atoms with Crippen molar-refractivity contribution in [1.82, 2.24) is 9.78 Å². The number of nitrogens with one attached hydrogen (secondary N) is 1. The number of hydrogen-bond acceptors (Lipinski definition) is 3. The van der Waals surface area contributed by atoms with Crippen molar-refractivity contribution < 1.29 is 5.11 Å². The predicted octanol–water partition coefficient (Wildman–Crippen LogP) is 2.09. The van der Waals surface area contributed by atoms with Crippen LogP contribution >= 0.6 is 0 Å². The molecular weight excluding hydrogens is 214 g/mol. The molecule has 0 aliphatic rings. The Bertz CT molecular complexity index is 491. The molecule has 1 aromatic heterocycles. The van der Waals surface area contributed by atoms with Gasteiger partial charge in [0, 0.05) is 24.5 Å². The van der Waals surface area contributed by atoms with Crippen LogP contribution in [0.3, 0.4) is 0 Å². The van der Waals surface area contributed by atoms with Crippen molar-refractivity contribution in [3.8, 4) is 0 Å². The number of hydrogen-bond donors (Lipinski definition) is 2. The predicted molar refractivity (Wildman–Crippen MR) is 67.6 cm³/mol. The molecule has 0 radical (unpaired) electrons. The summed E-state index contributed by atoms with van der Waals surface area (Å²) in [6.07, 6.45) is 1.31. The number of aromatic nitrogens is 2. The molecule has 1 heterocycles. The topological polar surface area (TPSA) is 50.1 Å². The van der Waals surface area contributed by atoms with Crippen molar-refractivity contribution in [3.63, 3.8) is 0 Å². The molecule has 2 N–H and O–H groups in total. The van der Waals surface area contributed by atoms with Crippen LogP contribution in [0, 0.1) is 0 Å². The minimum Gasteiger partial charge on any atom is -0.389 e. The van der Waals surface area contributed by atoms with Gasteiger partial charge in [-0.1, -0.05) is 18.2 Å². The molecule has 0 spiro atoms. The molecule has 0 fully saturated rings. The van der Waals surface area contributed by atoms with Gasteiger partial charge in [-0.05, 0) is 19.1 Å². The fourth-order valence-corrected chi connectivity index (χ4v) is 1.78. The monoisotopic (exact) mass is 231 g/mol. The van der Waals surface area contributed by atoms with Crippen molar-refractivity contribution in [3.05, 3.63) is 47.8 Å². The van der Waals surface area contributed by atoms with E-state index in [1.165, 1.54) is 0 Å². The van der Waals surface area contributed by atoms with Gasteiger partial charge in [-0.2, -0.15) is 5.10 Å². The Labute approximate surface area is 101 Å². The average Bonchev–Trinajstić information content (AvgIpc) is 2.72. The maximum atomic E-state index is 9.66. The van der Waals surface area contributed by atoms with Crippen LogP contribution < -0.4 is 5.32 Å². The third kappa shape index (κ3) is 2.65. The normalized spacial score (nSPS) is 12.4. The fraction of sp³-hybridized carbons (Fsp3) is 0.308. The second-order valence-electron chi connectivity index (χ2n) is 4.06. The lowest BCUT2D eigenvalue weighted by atomic mass is 10.1. The molecule has 0 bridgehead atoms. The van der Waals surface area contributed by atoms with Crippen LogP contribution in [0.25, 0.3) is 0 Å². The number of aryl methyl sites for hydroxylation is 1. The van der Waals surface area contributed by atoms with Crippen molar-refractivity contribution in [1.29, 1.82) is 0 Å². The molecule has 2 rings (SSSR count). The summed E-state index contributed by atoms with van der Waals surface area (Å²) < 4.78 is 1.83. The molecule has 0 amide bonds. The zero-order valence-electron chi connectivity index (χ0n) is 10.1. The number of rotatable bonds is 4. The van der Waals surface area contributed by atoms with Gasteiger partial charge in [0.25, 0.3) is 0 Å². The minimum atomic E-state index is -0.467. The minimum absolute atomic E-state index is 0.467. The highest BCUT2D eigenvalue weighted by Crippen LogP contribution is 2.22. The molecule has 0 aliphatic carbocycles. The van der Waals surface area contributed by atoms with E-state index in [1.807, 2.05) is 42.1 Å². The third-order valence-electron chi connectivity index (χ3n) is 2.79. The first kappa shape index (κ1) is 11.7. The number of aliphatic hydroxyl groups is 1. The van der Waals surface area contributed by atoms with E-state index in [1.54, 1.807) is 13.1 Å². The van der Waals surface area contributed by atoms with Crippen LogP contribution in [-0.4, -0.2) is 14.9 Å². The van der Waals surface area contributed by atoms with Crippen molar-refractivity contribution in [2.24, 2.45) is 7.05 Å². The highest BCUT2D eigenvalue weighted by molar-refractivity contribution is 5.52. The first-order chi connectivity index (χ1) is 8.18. The Balaban J connectivity index is 2.11. The SMILES string of the molecule is CC(O)c1ccccc1NCc1ccnn1C. The van der Waals surface area contributed by atoms with E-state index < -0.39 is 6.10 Å². The van der Waals surface area contributed by atoms with Crippen LogP contribution in [0.2, 0.25) is 0 Å². The lowest BCUT2D eigenvalue weighted by Gasteiger charge is -2.13. The van der Waals surface area contributed by atoms with Gasteiger partial charge in [0.15, 0.2) is 0 Å². The molecule has 1 unspecified atom stereocenters. The Morgan fingerprint density at radius 3 is 2.76 bits per heavy atom. The molecule has 90 valence electrons. The van der Waals surface area contributed by atoms with E-state index in [0.717, 1.165) is 16.9 Å². The molecule has 2 aromatic rings. The van der Waals surface area contributed by atoms with Crippen LogP contribution in [0.4, 0.5) is 5.69 Å². The summed E-state index contributed by atoms with van der Waals surface area (Å²) in [6, 6.07) is 9.75. The average molecular weight is 231 g/mol. The van der Waals surface area contributed by atoms with Gasteiger partial charge in [0.05, 0.1) is 18.3 Å². The highest BCUT2D eigenvalue weighted by Gasteiger charge is 2.07. The largest absolute Gasteiger partial charge is 0.389 e. The van der Waals surface area contributed by atoms with Crippen molar-refractivity contribution in [2.75, 3.05) is 5.32 Å². The van der Waals surface area contributed by atoms with Gasteiger partial charge in [-0.25, -0.2) is 0 Å². The second-order valence-corrected chi connectivity index (χ2v) is 4.06. The molecule has 1 aromatic carbocycles. The van der Waals surface area contributed by atoms with Gasteiger partial charge < -0.3 is 10.4 Å². The van der Waals surface area contributed by atoms with Crippen LogP contribution in [0.15, 0.2) is 36.5 Å². The Morgan fingerprint density at radius 1 is 1.35 bits per heavy atom. The molecule has 0 saturated heterocycles. The second kappa shape index (κ2) is 5.01. The molecule has 4 nitrogen and oxygen atoms in total. The lowest BCUT2D eigenvalue weighted by Crippen LogP contribution is -2.07. The molecular formula is C13H17N3O. The summed E-state index contributed by atoms with van der Waals surface area (Å²) in [4.78, 5) is 0. The summed E-state index contributed by atoms with van der Waals surface area (Å²) >= 11 is 0. The van der Waals surface area contributed by atoms with E-state index in [2.05, 4.69) is 10.4 Å². The van der Waals surface area contributed by atoms with E-state index in [4.69, 9.17) is 0 Å². The summed E-state index contributed by atoms with van der Waals surface area (Å²) in [6.45, 7) is 2.46. The standard InChI is InChI=1S/C13H17N3O/c1-10(17)12-5-3-4-6-13(12)14-9-11-7-8-15-16(11)2/h3-8,10,14,17H,9H2,1-2H3. The Kier molecular flexibility index (Phi) is 3.44. The van der Waals surface area contributed by atoms with Crippen molar-refractivity contribution >= 4 is 5.69 Å². The summed E-state index contributed by atoms with van der Waals surface area (Å²) in [5, 5.41) is 17.1. The summed E-state index contributed by atoms with van der Waals surface area (Å²) in [7, 11) is 1.91. The lowest BCUT2D eigenvalue weighted by molar-refractivity contribution is 0.200. The molecule has 4 heteroatoms. The number of para-hydroxylation sites is 1. The van der Waals surface area contributed by atoms with Gasteiger partial charge in [0.2, 0.25) is 0 Å². The maximum Gasteiger partial charge on any atom is 0.0781 e. The quantitative estimate of drug-likeness (QED) is 0.847. The van der Waals surface area contributed by atoms with Crippen molar-refractivity contribution in [2.45, 2.75) is 19.6 Å². The summed E-state index contributed by atoms with van der Waals surface area (Å²) in [5.41, 5.74) is 2.98. The van der Waals surface area contributed by atoms with E-state index >= 15 is 0 Å². The van der Waals surface area contributed by atoms with E-state index in [0.29, 0.717) is 6.54 Å². The molecule has 0 saturated carbocycles. The number of aliphatic hydroxyl groups excluding tert-OH is 1. The summed E-state index contributed by atoms with van der Waals surface area (Å²) in [5.74, 6) is 0.